The zero-order valence-corrected chi connectivity index (χ0v) is 12.3. The Kier molecular flexibility index (Phi) is 3.25. The number of hydrogen-bond acceptors (Lipinski definition) is 3. The molecule has 1 amide bonds. The number of benzene rings is 1. The van der Waals surface area contributed by atoms with E-state index in [1.54, 1.807) is 10.9 Å². The molecule has 0 atom stereocenters. The highest BCUT2D eigenvalue weighted by Crippen LogP contribution is 2.26. The van der Waals surface area contributed by atoms with Gasteiger partial charge in [0.05, 0.1) is 6.20 Å². The molecule has 1 aromatic carbocycles. The van der Waals surface area contributed by atoms with Crippen LogP contribution in [-0.4, -0.2) is 15.7 Å². The van der Waals surface area contributed by atoms with E-state index in [-0.39, 0.29) is 5.91 Å². The van der Waals surface area contributed by atoms with Crippen LogP contribution >= 0.6 is 0 Å². The summed E-state index contributed by atoms with van der Waals surface area (Å²) in [7, 11) is 1.84. The molecule has 3 aromatic rings. The molecular weight excluding hydrogens is 266 g/mol. The lowest BCUT2D eigenvalue weighted by Crippen LogP contribution is -2.22. The first-order chi connectivity index (χ1) is 10.0. The molecule has 0 radical (unpaired) electrons. The summed E-state index contributed by atoms with van der Waals surface area (Å²) in [4.78, 5) is 12.3. The largest absolute Gasteiger partial charge is 0.451 e. The summed E-state index contributed by atoms with van der Waals surface area (Å²) in [6.45, 7) is 4.34. The molecule has 5 heteroatoms. The predicted octanol–water partition coefficient (Wildman–Crippen LogP) is 2.71. The van der Waals surface area contributed by atoms with Gasteiger partial charge in [-0.2, -0.15) is 5.10 Å². The first-order valence-electron chi connectivity index (χ1n) is 6.80. The molecule has 5 nitrogen and oxygen atoms in total. The Balaban J connectivity index is 1.82. The van der Waals surface area contributed by atoms with Gasteiger partial charge in [0.1, 0.15) is 5.58 Å². The average molecular weight is 283 g/mol. The topological polar surface area (TPSA) is 60.1 Å². The second-order valence-electron chi connectivity index (χ2n) is 5.26. The average Bonchev–Trinajstić information content (AvgIpc) is 3.00. The molecule has 108 valence electrons. The number of aryl methyl sites for hydroxylation is 3. The fraction of sp³-hybridized carbons (Fsp3) is 0.250. The zero-order valence-electron chi connectivity index (χ0n) is 12.3. The van der Waals surface area contributed by atoms with Crippen molar-refractivity contribution in [2.75, 3.05) is 0 Å². The van der Waals surface area contributed by atoms with E-state index in [2.05, 4.69) is 10.4 Å². The number of fused-ring (bicyclic) bond motifs is 1. The number of carbonyl (C=O) groups excluding carboxylic acids is 1. The van der Waals surface area contributed by atoms with Gasteiger partial charge in [-0.05, 0) is 25.5 Å². The minimum Gasteiger partial charge on any atom is -0.451 e. The second-order valence-corrected chi connectivity index (χ2v) is 5.26. The summed E-state index contributed by atoms with van der Waals surface area (Å²) in [6, 6.07) is 5.95. The van der Waals surface area contributed by atoms with Crippen molar-refractivity contribution in [1.82, 2.24) is 15.1 Å². The summed E-state index contributed by atoms with van der Waals surface area (Å²) in [5, 5.41) is 7.91. The van der Waals surface area contributed by atoms with Gasteiger partial charge < -0.3 is 9.73 Å². The van der Waals surface area contributed by atoms with Crippen LogP contribution in [0.25, 0.3) is 11.0 Å². The Labute approximate surface area is 122 Å². The molecule has 2 aromatic heterocycles. The number of aromatic nitrogens is 2. The third-order valence-electron chi connectivity index (χ3n) is 3.51. The second kappa shape index (κ2) is 5.09. The monoisotopic (exact) mass is 283 g/mol. The molecule has 1 N–H and O–H groups in total. The van der Waals surface area contributed by atoms with Crippen molar-refractivity contribution in [2.24, 2.45) is 7.05 Å². The minimum atomic E-state index is -0.204. The maximum atomic E-state index is 12.3. The van der Waals surface area contributed by atoms with Gasteiger partial charge in [0.25, 0.3) is 5.91 Å². The fourth-order valence-electron chi connectivity index (χ4n) is 2.38. The van der Waals surface area contributed by atoms with E-state index in [4.69, 9.17) is 4.42 Å². The van der Waals surface area contributed by atoms with Crippen molar-refractivity contribution in [2.45, 2.75) is 20.4 Å². The van der Waals surface area contributed by atoms with Gasteiger partial charge >= 0.3 is 0 Å². The van der Waals surface area contributed by atoms with E-state index in [0.717, 1.165) is 27.7 Å². The first-order valence-corrected chi connectivity index (χ1v) is 6.80. The van der Waals surface area contributed by atoms with Crippen LogP contribution in [0.5, 0.6) is 0 Å². The van der Waals surface area contributed by atoms with Crippen LogP contribution in [0, 0.1) is 13.8 Å². The van der Waals surface area contributed by atoms with Gasteiger partial charge in [0.15, 0.2) is 5.76 Å². The molecule has 0 saturated heterocycles. The Bertz CT molecular complexity index is 814. The molecule has 0 spiro atoms. The van der Waals surface area contributed by atoms with Crippen LogP contribution in [0.4, 0.5) is 0 Å². The summed E-state index contributed by atoms with van der Waals surface area (Å²) >= 11 is 0. The Morgan fingerprint density at radius 1 is 1.38 bits per heavy atom. The van der Waals surface area contributed by atoms with Gasteiger partial charge in [0, 0.05) is 36.3 Å². The van der Waals surface area contributed by atoms with E-state index in [1.807, 2.05) is 45.3 Å². The summed E-state index contributed by atoms with van der Waals surface area (Å²) < 4.78 is 7.41. The lowest BCUT2D eigenvalue weighted by molar-refractivity contribution is 0.0924. The quantitative estimate of drug-likeness (QED) is 0.804. The highest BCUT2D eigenvalue weighted by molar-refractivity contribution is 5.98. The number of furan rings is 1. The third-order valence-corrected chi connectivity index (χ3v) is 3.51. The van der Waals surface area contributed by atoms with E-state index < -0.39 is 0 Å². The van der Waals surface area contributed by atoms with Gasteiger partial charge in [0.2, 0.25) is 0 Å². The van der Waals surface area contributed by atoms with E-state index >= 15 is 0 Å². The van der Waals surface area contributed by atoms with Gasteiger partial charge in [-0.25, -0.2) is 0 Å². The first kappa shape index (κ1) is 13.4. The van der Waals surface area contributed by atoms with Crippen LogP contribution in [0.3, 0.4) is 0 Å². The number of hydrogen-bond donors (Lipinski definition) is 1. The van der Waals surface area contributed by atoms with Crippen molar-refractivity contribution < 1.29 is 9.21 Å². The fourth-order valence-corrected chi connectivity index (χ4v) is 2.38. The molecule has 0 saturated carbocycles. The zero-order chi connectivity index (χ0) is 15.0. The highest BCUT2D eigenvalue weighted by atomic mass is 16.3. The molecule has 0 aliphatic carbocycles. The highest BCUT2D eigenvalue weighted by Gasteiger charge is 2.17. The lowest BCUT2D eigenvalue weighted by atomic mass is 10.1. The van der Waals surface area contributed by atoms with E-state index in [1.165, 1.54) is 0 Å². The van der Waals surface area contributed by atoms with E-state index in [9.17, 15) is 4.79 Å². The lowest BCUT2D eigenvalue weighted by Gasteiger charge is -2.01. The van der Waals surface area contributed by atoms with Crippen molar-refractivity contribution in [1.29, 1.82) is 0 Å². The minimum absolute atomic E-state index is 0.204. The Morgan fingerprint density at radius 2 is 2.19 bits per heavy atom. The van der Waals surface area contributed by atoms with Crippen molar-refractivity contribution in [3.63, 3.8) is 0 Å². The third kappa shape index (κ3) is 2.54. The SMILES string of the molecule is Cc1ccc2c(C)c(C(=O)NCc3cnn(C)c3)oc2c1. The molecule has 0 fully saturated rings. The van der Waals surface area contributed by atoms with Gasteiger partial charge in [-0.3, -0.25) is 9.48 Å². The Morgan fingerprint density at radius 3 is 2.90 bits per heavy atom. The van der Waals surface area contributed by atoms with Crippen LogP contribution in [-0.2, 0) is 13.6 Å². The smallest absolute Gasteiger partial charge is 0.287 e. The summed E-state index contributed by atoms with van der Waals surface area (Å²) in [5.74, 6) is 0.171. The van der Waals surface area contributed by atoms with Crippen molar-refractivity contribution in [3.05, 3.63) is 53.0 Å². The number of amides is 1. The number of rotatable bonds is 3. The van der Waals surface area contributed by atoms with Gasteiger partial charge in [-0.15, -0.1) is 0 Å². The summed E-state index contributed by atoms with van der Waals surface area (Å²) in [5.41, 5.74) is 3.68. The number of nitrogens with one attached hydrogen (secondary N) is 1. The number of carbonyl (C=O) groups is 1. The molecular formula is C16H17N3O2. The maximum Gasteiger partial charge on any atom is 0.287 e. The van der Waals surface area contributed by atoms with Crippen LogP contribution in [0.2, 0.25) is 0 Å². The molecule has 3 rings (SSSR count). The van der Waals surface area contributed by atoms with Crippen molar-refractivity contribution >= 4 is 16.9 Å². The standard InChI is InChI=1S/C16H17N3O2/c1-10-4-5-13-11(2)15(21-14(13)6-10)16(20)17-7-12-8-18-19(3)9-12/h4-6,8-9H,7H2,1-3H3,(H,17,20). The van der Waals surface area contributed by atoms with Gasteiger partial charge in [-0.1, -0.05) is 12.1 Å². The van der Waals surface area contributed by atoms with Crippen LogP contribution in [0.15, 0.2) is 35.0 Å². The molecule has 2 heterocycles. The molecule has 0 unspecified atom stereocenters. The van der Waals surface area contributed by atoms with Crippen molar-refractivity contribution in [3.8, 4) is 0 Å². The van der Waals surface area contributed by atoms with E-state index in [0.29, 0.717) is 12.3 Å². The predicted molar refractivity (Wildman–Crippen MR) is 80.1 cm³/mol. The molecule has 21 heavy (non-hydrogen) atoms. The molecule has 0 bridgehead atoms. The maximum absolute atomic E-state index is 12.3. The van der Waals surface area contributed by atoms with Crippen LogP contribution < -0.4 is 5.32 Å². The normalized spacial score (nSPS) is 11.0. The Hall–Kier alpha value is -2.56. The van der Waals surface area contributed by atoms with Crippen LogP contribution in [0.1, 0.15) is 27.2 Å². The number of nitrogens with zero attached hydrogens (tertiary/aromatic N) is 2. The molecule has 0 aliphatic heterocycles. The molecule has 0 aliphatic rings. The summed E-state index contributed by atoms with van der Waals surface area (Å²) in [6.07, 6.45) is 3.60.